The lowest BCUT2D eigenvalue weighted by Crippen LogP contribution is -2.01. The molecule has 0 radical (unpaired) electrons. The monoisotopic (exact) mass is 308 g/mol. The van der Waals surface area contributed by atoms with Crippen molar-refractivity contribution in [3.05, 3.63) is 60.3 Å². The van der Waals surface area contributed by atoms with Crippen LogP contribution >= 0.6 is 0 Å². The van der Waals surface area contributed by atoms with E-state index >= 15 is 0 Å². The summed E-state index contributed by atoms with van der Waals surface area (Å²) in [7, 11) is 0. The van der Waals surface area contributed by atoms with Crippen LogP contribution < -0.4 is 9.47 Å². The van der Waals surface area contributed by atoms with Crippen molar-refractivity contribution in [3.63, 3.8) is 0 Å². The molecular formula is C17H12N2O4. The minimum absolute atomic E-state index is 0.231. The molecule has 0 atom stereocenters. The maximum Gasteiger partial charge on any atom is 0.335 e. The van der Waals surface area contributed by atoms with Gasteiger partial charge in [-0.3, -0.25) is 0 Å². The first-order chi connectivity index (χ1) is 11.2. The van der Waals surface area contributed by atoms with Gasteiger partial charge in [-0.25, -0.2) is 9.48 Å². The topological polar surface area (TPSA) is 73.6 Å². The number of fused-ring (bicyclic) bond motifs is 1. The Morgan fingerprint density at radius 1 is 1.04 bits per heavy atom. The molecule has 6 nitrogen and oxygen atoms in total. The summed E-state index contributed by atoms with van der Waals surface area (Å²) in [6.45, 7) is 0.231. The fraction of sp³-hybridized carbons (Fsp3) is 0.0588. The molecule has 4 rings (SSSR count). The smallest absolute Gasteiger partial charge is 0.335 e. The van der Waals surface area contributed by atoms with E-state index in [9.17, 15) is 4.79 Å². The van der Waals surface area contributed by atoms with E-state index in [2.05, 4.69) is 5.10 Å². The number of hydrogen-bond acceptors (Lipinski definition) is 4. The highest BCUT2D eigenvalue weighted by Gasteiger charge is 2.16. The van der Waals surface area contributed by atoms with E-state index < -0.39 is 5.97 Å². The maximum atomic E-state index is 10.9. The zero-order valence-corrected chi connectivity index (χ0v) is 12.0. The molecule has 0 amide bonds. The van der Waals surface area contributed by atoms with Crippen molar-refractivity contribution >= 4 is 5.97 Å². The fourth-order valence-electron chi connectivity index (χ4n) is 2.53. The molecule has 0 aliphatic carbocycles. The van der Waals surface area contributed by atoms with Gasteiger partial charge in [0.2, 0.25) is 6.79 Å². The number of hydrogen-bond donors (Lipinski definition) is 1. The highest BCUT2D eigenvalue weighted by molar-refractivity contribution is 5.87. The summed E-state index contributed by atoms with van der Waals surface area (Å²) in [5.74, 6) is 0.482. The van der Waals surface area contributed by atoms with E-state index in [1.165, 1.54) is 0 Å². The van der Waals surface area contributed by atoms with Gasteiger partial charge in [0.1, 0.15) is 0 Å². The first-order valence-corrected chi connectivity index (χ1v) is 7.00. The van der Waals surface area contributed by atoms with Gasteiger partial charge in [0.05, 0.1) is 23.1 Å². The van der Waals surface area contributed by atoms with Crippen LogP contribution in [0.25, 0.3) is 16.9 Å². The predicted octanol–water partition coefficient (Wildman–Crippen LogP) is 2.97. The molecular weight excluding hydrogens is 296 g/mol. The third kappa shape index (κ3) is 2.30. The van der Waals surface area contributed by atoms with Gasteiger partial charge in [-0.2, -0.15) is 5.10 Å². The highest BCUT2D eigenvalue weighted by Crippen LogP contribution is 2.36. The summed E-state index contributed by atoms with van der Waals surface area (Å²) in [6, 6.07) is 14.2. The average molecular weight is 308 g/mol. The molecule has 1 aliphatic heterocycles. The quantitative estimate of drug-likeness (QED) is 0.805. The molecule has 0 spiro atoms. The number of aromatic nitrogens is 2. The summed E-state index contributed by atoms with van der Waals surface area (Å²) in [6.07, 6.45) is 1.70. The highest BCUT2D eigenvalue weighted by atomic mass is 16.7. The van der Waals surface area contributed by atoms with Crippen LogP contribution in [0.5, 0.6) is 11.5 Å². The normalized spacial score (nSPS) is 12.3. The van der Waals surface area contributed by atoms with Crippen molar-refractivity contribution in [1.29, 1.82) is 0 Å². The van der Waals surface area contributed by atoms with Crippen LogP contribution in [0.1, 0.15) is 10.4 Å². The van der Waals surface area contributed by atoms with Crippen molar-refractivity contribution in [2.24, 2.45) is 0 Å². The zero-order chi connectivity index (χ0) is 15.8. The SMILES string of the molecule is O=C(O)c1ccc(-n2nccc2-c2ccc3c(c2)OCO3)cc1. The van der Waals surface area contributed by atoms with Crippen molar-refractivity contribution in [2.45, 2.75) is 0 Å². The van der Waals surface area contributed by atoms with E-state index in [0.717, 1.165) is 22.7 Å². The summed E-state index contributed by atoms with van der Waals surface area (Å²) >= 11 is 0. The van der Waals surface area contributed by atoms with Gasteiger partial charge in [-0.05, 0) is 48.5 Å². The van der Waals surface area contributed by atoms with E-state index in [-0.39, 0.29) is 12.4 Å². The van der Waals surface area contributed by atoms with Gasteiger partial charge in [0.25, 0.3) is 0 Å². The molecule has 6 heteroatoms. The number of ether oxygens (including phenoxy) is 2. The first-order valence-electron chi connectivity index (χ1n) is 7.00. The summed E-state index contributed by atoms with van der Waals surface area (Å²) in [5, 5.41) is 13.3. The minimum Gasteiger partial charge on any atom is -0.478 e. The van der Waals surface area contributed by atoms with E-state index in [0.29, 0.717) is 5.75 Å². The Labute approximate surface area is 131 Å². The Hall–Kier alpha value is -3.28. The largest absolute Gasteiger partial charge is 0.478 e. The second-order valence-electron chi connectivity index (χ2n) is 5.05. The number of carboxylic acid groups (broad SMARTS) is 1. The number of benzene rings is 2. The van der Waals surface area contributed by atoms with E-state index in [1.54, 1.807) is 35.1 Å². The number of nitrogens with zero attached hydrogens (tertiary/aromatic N) is 2. The molecule has 2 aromatic carbocycles. The summed E-state index contributed by atoms with van der Waals surface area (Å²) < 4.78 is 12.5. The molecule has 0 unspecified atom stereocenters. The molecule has 1 aliphatic rings. The van der Waals surface area contributed by atoms with Crippen molar-refractivity contribution < 1.29 is 19.4 Å². The molecule has 1 aromatic heterocycles. The third-order valence-corrected chi connectivity index (χ3v) is 3.67. The Morgan fingerprint density at radius 2 is 1.83 bits per heavy atom. The molecule has 114 valence electrons. The van der Waals surface area contributed by atoms with Gasteiger partial charge in [0, 0.05) is 5.56 Å². The number of carboxylic acids is 1. The molecule has 0 saturated carbocycles. The number of carbonyl (C=O) groups is 1. The fourth-order valence-corrected chi connectivity index (χ4v) is 2.53. The van der Waals surface area contributed by atoms with Crippen LogP contribution in [0.4, 0.5) is 0 Å². The Kier molecular flexibility index (Phi) is 3.01. The van der Waals surface area contributed by atoms with Crippen molar-refractivity contribution in [2.75, 3.05) is 6.79 Å². The molecule has 0 bridgehead atoms. The number of aromatic carboxylic acids is 1. The Bertz CT molecular complexity index is 884. The van der Waals surface area contributed by atoms with Crippen molar-refractivity contribution in [1.82, 2.24) is 9.78 Å². The predicted molar refractivity (Wildman–Crippen MR) is 82.1 cm³/mol. The van der Waals surface area contributed by atoms with Gasteiger partial charge in [0.15, 0.2) is 11.5 Å². The second-order valence-corrected chi connectivity index (χ2v) is 5.05. The zero-order valence-electron chi connectivity index (χ0n) is 12.0. The van der Waals surface area contributed by atoms with Gasteiger partial charge >= 0.3 is 5.97 Å². The van der Waals surface area contributed by atoms with Gasteiger partial charge in [-0.15, -0.1) is 0 Å². The lowest BCUT2D eigenvalue weighted by atomic mass is 10.1. The van der Waals surface area contributed by atoms with Gasteiger partial charge < -0.3 is 14.6 Å². The van der Waals surface area contributed by atoms with Crippen LogP contribution in [0.15, 0.2) is 54.7 Å². The first kappa shape index (κ1) is 13.4. The summed E-state index contributed by atoms with van der Waals surface area (Å²) in [4.78, 5) is 10.9. The van der Waals surface area contributed by atoms with Crippen molar-refractivity contribution in [3.8, 4) is 28.4 Å². The Morgan fingerprint density at radius 3 is 2.61 bits per heavy atom. The van der Waals surface area contributed by atoms with Crippen LogP contribution in [0.2, 0.25) is 0 Å². The van der Waals surface area contributed by atoms with E-state index in [4.69, 9.17) is 14.6 Å². The second kappa shape index (κ2) is 5.17. The standard InChI is InChI=1S/C17H12N2O4/c20-17(21)11-1-4-13(5-2-11)19-14(7-8-18-19)12-3-6-15-16(9-12)23-10-22-15/h1-9H,10H2,(H,20,21). The molecule has 3 aromatic rings. The molecule has 0 saturated heterocycles. The van der Waals surface area contributed by atoms with Crippen LogP contribution in [0.3, 0.4) is 0 Å². The molecule has 2 heterocycles. The van der Waals surface area contributed by atoms with E-state index in [1.807, 2.05) is 24.3 Å². The van der Waals surface area contributed by atoms with Crippen LogP contribution in [-0.4, -0.2) is 27.6 Å². The minimum atomic E-state index is -0.951. The molecule has 0 fully saturated rings. The van der Waals surface area contributed by atoms with Gasteiger partial charge in [-0.1, -0.05) is 0 Å². The molecule has 23 heavy (non-hydrogen) atoms. The third-order valence-electron chi connectivity index (χ3n) is 3.67. The summed E-state index contributed by atoms with van der Waals surface area (Å²) in [5.41, 5.74) is 2.85. The maximum absolute atomic E-state index is 10.9. The lowest BCUT2D eigenvalue weighted by molar-refractivity contribution is 0.0697. The number of rotatable bonds is 3. The lowest BCUT2D eigenvalue weighted by Gasteiger charge is -2.08. The van der Waals surface area contributed by atoms with Crippen LogP contribution in [0, 0.1) is 0 Å². The Balaban J connectivity index is 1.75. The molecule has 1 N–H and O–H groups in total. The van der Waals surface area contributed by atoms with Crippen LogP contribution in [-0.2, 0) is 0 Å². The average Bonchev–Trinajstić information content (AvgIpc) is 3.23.